The van der Waals surface area contributed by atoms with Crippen LogP contribution in [0, 0.1) is 10.1 Å². The predicted octanol–water partition coefficient (Wildman–Crippen LogP) is 0.480. The third-order valence-corrected chi connectivity index (χ3v) is 1.88. The second-order valence-electron chi connectivity index (χ2n) is 3.17. The van der Waals surface area contributed by atoms with Crippen molar-refractivity contribution in [2.45, 2.75) is 19.3 Å². The van der Waals surface area contributed by atoms with Crippen molar-refractivity contribution in [3.05, 3.63) is 39.9 Å². The standard InChI is InChI=1S/C9H13N3O3/c1-6(13)11-9(10)7-2-4-8(5-3-7)12(14)15/h2-6,9,11,13H,10H2,1H3. The fourth-order valence-electron chi connectivity index (χ4n) is 1.16. The van der Waals surface area contributed by atoms with Gasteiger partial charge >= 0.3 is 0 Å². The molecule has 1 aromatic carbocycles. The number of nitrogens with one attached hydrogen (secondary N) is 1. The van der Waals surface area contributed by atoms with Crippen molar-refractivity contribution in [2.24, 2.45) is 5.73 Å². The highest BCUT2D eigenvalue weighted by atomic mass is 16.6. The lowest BCUT2D eigenvalue weighted by atomic mass is 10.1. The molecule has 82 valence electrons. The summed E-state index contributed by atoms with van der Waals surface area (Å²) < 4.78 is 0. The Morgan fingerprint density at radius 3 is 2.40 bits per heavy atom. The molecular weight excluding hydrogens is 198 g/mol. The van der Waals surface area contributed by atoms with E-state index >= 15 is 0 Å². The first-order valence-electron chi connectivity index (χ1n) is 4.45. The van der Waals surface area contributed by atoms with Crippen molar-refractivity contribution in [3.8, 4) is 0 Å². The van der Waals surface area contributed by atoms with Crippen LogP contribution in [-0.2, 0) is 0 Å². The van der Waals surface area contributed by atoms with Gasteiger partial charge in [0.25, 0.3) is 5.69 Å². The topological polar surface area (TPSA) is 101 Å². The van der Waals surface area contributed by atoms with E-state index in [2.05, 4.69) is 5.32 Å². The average molecular weight is 211 g/mol. The van der Waals surface area contributed by atoms with E-state index in [1.165, 1.54) is 12.1 Å². The van der Waals surface area contributed by atoms with E-state index < -0.39 is 17.3 Å². The molecule has 4 N–H and O–H groups in total. The molecule has 2 unspecified atom stereocenters. The predicted molar refractivity (Wildman–Crippen MR) is 54.8 cm³/mol. The molecule has 0 saturated heterocycles. The largest absolute Gasteiger partial charge is 0.379 e. The Bertz CT molecular complexity index is 337. The second-order valence-corrected chi connectivity index (χ2v) is 3.17. The molecule has 2 atom stereocenters. The van der Waals surface area contributed by atoms with Gasteiger partial charge in [-0.25, -0.2) is 0 Å². The van der Waals surface area contributed by atoms with Gasteiger partial charge in [0, 0.05) is 12.1 Å². The summed E-state index contributed by atoms with van der Waals surface area (Å²) >= 11 is 0. The van der Waals surface area contributed by atoms with Gasteiger partial charge in [-0.15, -0.1) is 0 Å². The summed E-state index contributed by atoms with van der Waals surface area (Å²) in [6.07, 6.45) is -1.26. The van der Waals surface area contributed by atoms with Crippen molar-refractivity contribution in [3.63, 3.8) is 0 Å². The van der Waals surface area contributed by atoms with Crippen molar-refractivity contribution < 1.29 is 10.0 Å². The highest BCUT2D eigenvalue weighted by molar-refractivity contribution is 5.33. The van der Waals surface area contributed by atoms with Crippen molar-refractivity contribution in [1.29, 1.82) is 0 Å². The van der Waals surface area contributed by atoms with Gasteiger partial charge in [0.1, 0.15) is 6.23 Å². The monoisotopic (exact) mass is 211 g/mol. The normalized spacial score (nSPS) is 14.6. The molecule has 0 amide bonds. The SMILES string of the molecule is CC(O)NC(N)c1ccc([N+](=O)[O-])cc1. The van der Waals surface area contributed by atoms with Crippen LogP contribution in [0.2, 0.25) is 0 Å². The second kappa shape index (κ2) is 4.83. The summed E-state index contributed by atoms with van der Waals surface area (Å²) in [7, 11) is 0. The van der Waals surface area contributed by atoms with Crippen LogP contribution < -0.4 is 11.1 Å². The molecule has 6 nitrogen and oxygen atoms in total. The Morgan fingerprint density at radius 2 is 2.00 bits per heavy atom. The van der Waals surface area contributed by atoms with Crippen molar-refractivity contribution in [1.82, 2.24) is 5.32 Å². The Morgan fingerprint density at radius 1 is 1.47 bits per heavy atom. The van der Waals surface area contributed by atoms with Crippen LogP contribution in [0.4, 0.5) is 5.69 Å². The Labute approximate surface area is 86.9 Å². The number of nitro groups is 1. The fraction of sp³-hybridized carbons (Fsp3) is 0.333. The van der Waals surface area contributed by atoms with Gasteiger partial charge in [-0.1, -0.05) is 0 Å². The summed E-state index contributed by atoms with van der Waals surface area (Å²) in [5.74, 6) is 0. The summed E-state index contributed by atoms with van der Waals surface area (Å²) in [5.41, 5.74) is 6.38. The first-order chi connectivity index (χ1) is 7.00. The number of rotatable bonds is 4. The number of aliphatic hydroxyl groups is 1. The molecule has 1 aromatic rings. The maximum atomic E-state index is 10.4. The molecule has 6 heteroatoms. The third-order valence-electron chi connectivity index (χ3n) is 1.88. The van der Waals surface area contributed by atoms with E-state index in [1.807, 2.05) is 0 Å². The lowest BCUT2D eigenvalue weighted by Gasteiger charge is -2.15. The number of benzene rings is 1. The Balaban J connectivity index is 2.75. The van der Waals surface area contributed by atoms with Gasteiger partial charge in [-0.3, -0.25) is 15.4 Å². The van der Waals surface area contributed by atoms with Gasteiger partial charge in [0.15, 0.2) is 0 Å². The molecule has 0 aliphatic heterocycles. The van der Waals surface area contributed by atoms with E-state index in [9.17, 15) is 10.1 Å². The summed E-state index contributed by atoms with van der Waals surface area (Å²) in [6.45, 7) is 1.55. The van der Waals surface area contributed by atoms with E-state index in [0.29, 0.717) is 5.56 Å². The summed E-state index contributed by atoms with van der Waals surface area (Å²) in [6, 6.07) is 5.86. The van der Waals surface area contributed by atoms with Crippen LogP contribution in [0.5, 0.6) is 0 Å². The number of hydrogen-bond acceptors (Lipinski definition) is 5. The van der Waals surface area contributed by atoms with Crippen LogP contribution >= 0.6 is 0 Å². The van der Waals surface area contributed by atoms with Crippen LogP contribution in [-0.4, -0.2) is 16.3 Å². The Kier molecular flexibility index (Phi) is 3.73. The number of aliphatic hydroxyl groups excluding tert-OH is 1. The highest BCUT2D eigenvalue weighted by Gasteiger charge is 2.09. The molecular formula is C9H13N3O3. The van der Waals surface area contributed by atoms with Crippen LogP contribution in [0.1, 0.15) is 18.7 Å². The number of non-ortho nitro benzene ring substituents is 1. The van der Waals surface area contributed by atoms with E-state index in [4.69, 9.17) is 10.8 Å². The van der Waals surface area contributed by atoms with E-state index in [-0.39, 0.29) is 5.69 Å². The van der Waals surface area contributed by atoms with Crippen LogP contribution in [0.15, 0.2) is 24.3 Å². The molecule has 0 radical (unpaired) electrons. The van der Waals surface area contributed by atoms with Gasteiger partial charge in [-0.2, -0.15) is 0 Å². The third kappa shape index (κ3) is 3.28. The molecule has 0 spiro atoms. The quantitative estimate of drug-likeness (QED) is 0.382. The van der Waals surface area contributed by atoms with E-state index in [0.717, 1.165) is 0 Å². The minimum Gasteiger partial charge on any atom is -0.379 e. The zero-order chi connectivity index (χ0) is 11.4. The first-order valence-corrected chi connectivity index (χ1v) is 4.45. The number of hydrogen-bond donors (Lipinski definition) is 3. The molecule has 1 rings (SSSR count). The summed E-state index contributed by atoms with van der Waals surface area (Å²) in [5, 5.41) is 22.1. The lowest BCUT2D eigenvalue weighted by molar-refractivity contribution is -0.384. The van der Waals surface area contributed by atoms with Crippen LogP contribution in [0.25, 0.3) is 0 Å². The average Bonchev–Trinajstić information content (AvgIpc) is 2.17. The molecule has 0 aliphatic carbocycles. The zero-order valence-electron chi connectivity index (χ0n) is 8.25. The van der Waals surface area contributed by atoms with Gasteiger partial charge in [-0.05, 0) is 24.6 Å². The summed E-state index contributed by atoms with van der Waals surface area (Å²) in [4.78, 5) is 9.90. The zero-order valence-corrected chi connectivity index (χ0v) is 8.25. The van der Waals surface area contributed by atoms with Crippen molar-refractivity contribution >= 4 is 5.69 Å². The minimum absolute atomic E-state index is 0.0167. The Hall–Kier alpha value is -1.50. The lowest BCUT2D eigenvalue weighted by Crippen LogP contribution is -2.35. The maximum absolute atomic E-state index is 10.4. The number of nitro benzene ring substituents is 1. The highest BCUT2D eigenvalue weighted by Crippen LogP contribution is 2.15. The smallest absolute Gasteiger partial charge is 0.269 e. The molecule has 0 heterocycles. The molecule has 0 saturated carbocycles. The molecule has 0 aliphatic rings. The van der Waals surface area contributed by atoms with Crippen LogP contribution in [0.3, 0.4) is 0 Å². The van der Waals surface area contributed by atoms with Gasteiger partial charge < -0.3 is 10.8 Å². The van der Waals surface area contributed by atoms with E-state index in [1.54, 1.807) is 19.1 Å². The van der Waals surface area contributed by atoms with Gasteiger partial charge in [0.2, 0.25) is 0 Å². The minimum atomic E-state index is -0.727. The molecule has 15 heavy (non-hydrogen) atoms. The number of nitrogens with two attached hydrogens (primary N) is 1. The molecule has 0 fully saturated rings. The number of nitrogens with zero attached hydrogens (tertiary/aromatic N) is 1. The molecule has 0 bridgehead atoms. The van der Waals surface area contributed by atoms with Crippen molar-refractivity contribution in [2.75, 3.05) is 0 Å². The first kappa shape index (κ1) is 11.6. The fourth-order valence-corrected chi connectivity index (χ4v) is 1.16. The maximum Gasteiger partial charge on any atom is 0.269 e. The molecule has 0 aromatic heterocycles. The van der Waals surface area contributed by atoms with Gasteiger partial charge in [0.05, 0.1) is 11.1 Å².